The van der Waals surface area contributed by atoms with E-state index in [1.54, 1.807) is 18.2 Å². The molecule has 0 bridgehead atoms. The van der Waals surface area contributed by atoms with E-state index in [-0.39, 0.29) is 5.75 Å². The summed E-state index contributed by atoms with van der Waals surface area (Å²) in [7, 11) is 0. The van der Waals surface area contributed by atoms with E-state index in [0.717, 1.165) is 18.7 Å². The Balaban J connectivity index is 2.08. The molecule has 112 valence electrons. The van der Waals surface area contributed by atoms with Gasteiger partial charge in [0.2, 0.25) is 0 Å². The summed E-state index contributed by atoms with van der Waals surface area (Å²) in [5, 5.41) is 0. The summed E-state index contributed by atoms with van der Waals surface area (Å²) in [6.45, 7) is -0.166. The number of ether oxygens (including phenoxy) is 1. The zero-order valence-corrected chi connectivity index (χ0v) is 11.7. The third-order valence-electron chi connectivity index (χ3n) is 3.65. The number of aromatic nitrogens is 2. The van der Waals surface area contributed by atoms with E-state index in [4.69, 9.17) is 5.73 Å². The zero-order valence-electron chi connectivity index (χ0n) is 11.7. The van der Waals surface area contributed by atoms with E-state index in [2.05, 4.69) is 9.72 Å². The minimum atomic E-state index is -2.87. The van der Waals surface area contributed by atoms with Crippen molar-refractivity contribution < 1.29 is 13.5 Å². The van der Waals surface area contributed by atoms with Crippen LogP contribution in [0.15, 0.2) is 24.3 Å². The Morgan fingerprint density at radius 3 is 2.71 bits per heavy atom. The van der Waals surface area contributed by atoms with Crippen LogP contribution in [0.2, 0.25) is 0 Å². The summed E-state index contributed by atoms with van der Waals surface area (Å²) in [6.07, 6.45) is 2.20. The number of para-hydroxylation sites is 1. The molecule has 1 heterocycles. The quantitative estimate of drug-likeness (QED) is 0.915. The van der Waals surface area contributed by atoms with Gasteiger partial charge in [-0.05, 0) is 31.9 Å². The second kappa shape index (κ2) is 5.35. The zero-order chi connectivity index (χ0) is 15.0. The molecular weight excluding hydrogens is 276 g/mol. The number of anilines is 1. The Hall–Kier alpha value is -2.11. The second-order valence-corrected chi connectivity index (χ2v) is 5.10. The van der Waals surface area contributed by atoms with Crippen LogP contribution < -0.4 is 10.5 Å². The molecule has 2 aromatic rings. The summed E-state index contributed by atoms with van der Waals surface area (Å²) in [5.74, 6) is 1.98. The van der Waals surface area contributed by atoms with Gasteiger partial charge in [0, 0.05) is 18.0 Å². The predicted molar refractivity (Wildman–Crippen MR) is 76.4 cm³/mol. The molecule has 21 heavy (non-hydrogen) atoms. The number of benzene rings is 1. The molecule has 0 aliphatic heterocycles. The summed E-state index contributed by atoms with van der Waals surface area (Å²) in [4.78, 5) is 4.59. The van der Waals surface area contributed by atoms with Crippen LogP contribution in [0.5, 0.6) is 5.75 Å². The lowest BCUT2D eigenvalue weighted by Crippen LogP contribution is -2.05. The fraction of sp³-hybridized carbons (Fsp3) is 0.400. The Bertz CT molecular complexity index is 650. The van der Waals surface area contributed by atoms with Crippen LogP contribution in [-0.2, 0) is 6.54 Å². The van der Waals surface area contributed by atoms with Gasteiger partial charge < -0.3 is 15.0 Å². The fourth-order valence-corrected chi connectivity index (χ4v) is 2.53. The third-order valence-corrected chi connectivity index (χ3v) is 3.65. The molecule has 0 saturated heterocycles. The number of imidazole rings is 1. The number of hydrogen-bond donors (Lipinski definition) is 1. The minimum Gasteiger partial charge on any atom is -0.434 e. The van der Waals surface area contributed by atoms with Crippen molar-refractivity contribution >= 4 is 5.82 Å². The molecule has 1 fully saturated rings. The molecule has 4 nitrogen and oxygen atoms in total. The number of rotatable bonds is 5. The van der Waals surface area contributed by atoms with E-state index in [9.17, 15) is 8.78 Å². The molecule has 2 N–H and O–H groups in total. The van der Waals surface area contributed by atoms with Crippen molar-refractivity contribution in [2.24, 2.45) is 0 Å². The molecule has 0 radical (unpaired) electrons. The Morgan fingerprint density at radius 2 is 2.10 bits per heavy atom. The Kier molecular flexibility index (Phi) is 3.53. The summed E-state index contributed by atoms with van der Waals surface area (Å²) in [5.41, 5.74) is 7.20. The SMILES string of the molecule is CCn1c(C2CC2)nc(-c2ccccc2OC(F)F)c1N. The number of alkyl halides is 2. The van der Waals surface area contributed by atoms with Gasteiger partial charge >= 0.3 is 6.61 Å². The van der Waals surface area contributed by atoms with Gasteiger partial charge in [-0.15, -0.1) is 0 Å². The maximum absolute atomic E-state index is 12.5. The van der Waals surface area contributed by atoms with Crippen molar-refractivity contribution in [1.29, 1.82) is 0 Å². The van der Waals surface area contributed by atoms with Gasteiger partial charge in [-0.1, -0.05) is 12.1 Å². The van der Waals surface area contributed by atoms with Crippen LogP contribution in [0, 0.1) is 0 Å². The molecule has 6 heteroatoms. The van der Waals surface area contributed by atoms with Crippen LogP contribution >= 0.6 is 0 Å². The third kappa shape index (κ3) is 2.57. The Labute approximate surface area is 121 Å². The van der Waals surface area contributed by atoms with Gasteiger partial charge in [0.1, 0.15) is 23.1 Å². The highest BCUT2D eigenvalue weighted by atomic mass is 19.3. The number of nitrogens with two attached hydrogens (primary N) is 1. The highest BCUT2D eigenvalue weighted by molar-refractivity contribution is 5.76. The molecule has 1 aromatic heterocycles. The van der Waals surface area contributed by atoms with Crippen LogP contribution in [0.4, 0.5) is 14.6 Å². The van der Waals surface area contributed by atoms with E-state index >= 15 is 0 Å². The number of hydrogen-bond acceptors (Lipinski definition) is 3. The van der Waals surface area contributed by atoms with Gasteiger partial charge in [-0.3, -0.25) is 0 Å². The van der Waals surface area contributed by atoms with E-state index in [1.165, 1.54) is 6.07 Å². The van der Waals surface area contributed by atoms with Crippen molar-refractivity contribution in [2.45, 2.75) is 38.8 Å². The lowest BCUT2D eigenvalue weighted by molar-refractivity contribution is -0.0494. The predicted octanol–water partition coefficient (Wildman–Crippen LogP) is 3.63. The second-order valence-electron chi connectivity index (χ2n) is 5.10. The maximum atomic E-state index is 12.5. The van der Waals surface area contributed by atoms with Crippen molar-refractivity contribution in [2.75, 3.05) is 5.73 Å². The van der Waals surface area contributed by atoms with Gasteiger partial charge in [0.15, 0.2) is 0 Å². The van der Waals surface area contributed by atoms with Crippen molar-refractivity contribution in [3.8, 4) is 17.0 Å². The van der Waals surface area contributed by atoms with Crippen molar-refractivity contribution in [1.82, 2.24) is 9.55 Å². The topological polar surface area (TPSA) is 53.1 Å². The molecule has 0 unspecified atom stereocenters. The smallest absolute Gasteiger partial charge is 0.387 e. The van der Waals surface area contributed by atoms with Crippen LogP contribution in [0.3, 0.4) is 0 Å². The fourth-order valence-electron chi connectivity index (χ4n) is 2.53. The van der Waals surface area contributed by atoms with Crippen LogP contribution in [-0.4, -0.2) is 16.2 Å². The maximum Gasteiger partial charge on any atom is 0.387 e. The summed E-state index contributed by atoms with van der Waals surface area (Å²) < 4.78 is 31.6. The average molecular weight is 293 g/mol. The lowest BCUT2D eigenvalue weighted by atomic mass is 10.1. The highest BCUT2D eigenvalue weighted by Gasteiger charge is 2.31. The molecule has 1 aliphatic carbocycles. The normalized spacial score (nSPS) is 14.7. The number of halogens is 2. The van der Waals surface area contributed by atoms with E-state index < -0.39 is 6.61 Å². The van der Waals surface area contributed by atoms with Gasteiger partial charge in [-0.25, -0.2) is 4.98 Å². The monoisotopic (exact) mass is 293 g/mol. The number of nitrogens with zero attached hydrogens (tertiary/aromatic N) is 2. The largest absolute Gasteiger partial charge is 0.434 e. The summed E-state index contributed by atoms with van der Waals surface area (Å²) in [6, 6.07) is 6.61. The van der Waals surface area contributed by atoms with Crippen LogP contribution in [0.25, 0.3) is 11.3 Å². The molecule has 1 saturated carbocycles. The first-order valence-corrected chi connectivity index (χ1v) is 7.02. The first-order chi connectivity index (χ1) is 10.1. The van der Waals surface area contributed by atoms with Gasteiger partial charge in [0.05, 0.1) is 0 Å². The van der Waals surface area contributed by atoms with E-state index in [0.29, 0.717) is 29.5 Å². The molecule has 0 atom stereocenters. The van der Waals surface area contributed by atoms with E-state index in [1.807, 2.05) is 11.5 Å². The average Bonchev–Trinajstić information content (AvgIpc) is 3.23. The van der Waals surface area contributed by atoms with Crippen molar-refractivity contribution in [3.05, 3.63) is 30.1 Å². The first kappa shape index (κ1) is 13.9. The molecule has 1 aromatic carbocycles. The Morgan fingerprint density at radius 1 is 1.38 bits per heavy atom. The standard InChI is InChI=1S/C15H17F2N3O/c1-2-20-13(18)12(19-14(20)9-7-8-9)10-5-3-4-6-11(10)21-15(16)17/h3-6,9,15H,2,7-8,18H2,1H3. The summed E-state index contributed by atoms with van der Waals surface area (Å²) >= 11 is 0. The molecular formula is C15H17F2N3O. The van der Waals surface area contributed by atoms with Crippen molar-refractivity contribution in [3.63, 3.8) is 0 Å². The van der Waals surface area contributed by atoms with Gasteiger partial charge in [0.25, 0.3) is 0 Å². The first-order valence-electron chi connectivity index (χ1n) is 7.02. The minimum absolute atomic E-state index is 0.0994. The lowest BCUT2D eigenvalue weighted by Gasteiger charge is -2.09. The number of nitrogen functional groups attached to an aromatic ring is 1. The molecule has 0 amide bonds. The molecule has 3 rings (SSSR count). The molecule has 1 aliphatic rings. The van der Waals surface area contributed by atoms with Crippen LogP contribution in [0.1, 0.15) is 31.5 Å². The molecule has 0 spiro atoms. The highest BCUT2D eigenvalue weighted by Crippen LogP contribution is 2.43. The van der Waals surface area contributed by atoms with Gasteiger partial charge in [-0.2, -0.15) is 8.78 Å².